The molecule has 19 heavy (non-hydrogen) atoms. The third-order valence-electron chi connectivity index (χ3n) is 2.70. The first-order valence-corrected chi connectivity index (χ1v) is 6.34. The van der Waals surface area contributed by atoms with Crippen molar-refractivity contribution < 1.29 is 4.79 Å². The molecule has 0 radical (unpaired) electrons. The molecule has 0 saturated carbocycles. The summed E-state index contributed by atoms with van der Waals surface area (Å²) in [6.45, 7) is 9.79. The predicted molar refractivity (Wildman–Crippen MR) is 81.4 cm³/mol. The Hall–Kier alpha value is -2.09. The first-order chi connectivity index (χ1) is 8.98. The minimum atomic E-state index is -0.130. The number of hydrogen-bond acceptors (Lipinski definition) is 1. The summed E-state index contributed by atoms with van der Waals surface area (Å²) in [7, 11) is 0. The van der Waals surface area contributed by atoms with Crippen molar-refractivity contribution in [2.75, 3.05) is 0 Å². The third-order valence-corrected chi connectivity index (χ3v) is 2.70. The Morgan fingerprint density at radius 3 is 2.74 bits per heavy atom. The molecule has 1 amide bonds. The van der Waals surface area contributed by atoms with Crippen LogP contribution in [0.1, 0.15) is 20.8 Å². The maximum absolute atomic E-state index is 12.1. The van der Waals surface area contributed by atoms with E-state index in [0.29, 0.717) is 11.3 Å². The smallest absolute Gasteiger partial charge is 0.255 e. The van der Waals surface area contributed by atoms with Gasteiger partial charge in [0.1, 0.15) is 0 Å². The molecule has 0 fully saturated rings. The fourth-order valence-corrected chi connectivity index (χ4v) is 1.53. The summed E-state index contributed by atoms with van der Waals surface area (Å²) in [6, 6.07) is 0. The van der Waals surface area contributed by atoms with Gasteiger partial charge in [0.05, 0.1) is 0 Å². The quantitative estimate of drug-likeness (QED) is 0.760. The Kier molecular flexibility index (Phi) is 5.31. The average molecular weight is 255 g/mol. The van der Waals surface area contributed by atoms with E-state index in [4.69, 9.17) is 0 Å². The van der Waals surface area contributed by atoms with E-state index >= 15 is 0 Å². The molecule has 0 aromatic rings. The van der Waals surface area contributed by atoms with Crippen molar-refractivity contribution in [1.82, 2.24) is 5.32 Å². The van der Waals surface area contributed by atoms with Crippen LogP contribution < -0.4 is 5.32 Å². The van der Waals surface area contributed by atoms with E-state index in [1.807, 2.05) is 49.5 Å². The molecule has 2 nitrogen and oxygen atoms in total. The molecule has 0 heterocycles. The number of carbonyl (C=O) groups excluding carboxylic acids is 1. The van der Waals surface area contributed by atoms with Crippen molar-refractivity contribution in [3.63, 3.8) is 0 Å². The summed E-state index contributed by atoms with van der Waals surface area (Å²) in [5.74, 6) is -0.130. The molecule has 1 N–H and O–H groups in total. The Morgan fingerprint density at radius 2 is 2.11 bits per heavy atom. The van der Waals surface area contributed by atoms with Crippen LogP contribution in [0.15, 0.2) is 72.5 Å². The van der Waals surface area contributed by atoms with Gasteiger partial charge < -0.3 is 5.32 Å². The standard InChI is InChI=1S/C17H21NO/c1-5-7-10-15(6-2)18-16(19)14-9-8-12-17(3,4)13-11-14/h5-13H,2H2,1,3-4H3,(H,18,19)/b7-5-,15-10+. The van der Waals surface area contributed by atoms with Gasteiger partial charge in [0.25, 0.3) is 5.91 Å². The molecule has 0 aromatic heterocycles. The molecule has 1 rings (SSSR count). The summed E-state index contributed by atoms with van der Waals surface area (Å²) in [5.41, 5.74) is 1.29. The van der Waals surface area contributed by atoms with E-state index in [9.17, 15) is 4.79 Å². The molecule has 0 spiro atoms. The van der Waals surface area contributed by atoms with E-state index in [-0.39, 0.29) is 11.3 Å². The Morgan fingerprint density at radius 1 is 1.37 bits per heavy atom. The molecule has 0 aromatic carbocycles. The molecular formula is C17H21NO. The second-order valence-electron chi connectivity index (χ2n) is 4.94. The molecule has 100 valence electrons. The summed E-state index contributed by atoms with van der Waals surface area (Å²) in [4.78, 5) is 12.1. The highest BCUT2D eigenvalue weighted by Gasteiger charge is 2.13. The van der Waals surface area contributed by atoms with Gasteiger partial charge in [-0.3, -0.25) is 4.79 Å². The fraction of sp³-hybridized carbons (Fsp3) is 0.235. The van der Waals surface area contributed by atoms with Crippen LogP contribution in [0.4, 0.5) is 0 Å². The first kappa shape index (κ1) is 15.0. The first-order valence-electron chi connectivity index (χ1n) is 6.34. The van der Waals surface area contributed by atoms with E-state index in [2.05, 4.69) is 31.8 Å². The Labute approximate surface area is 115 Å². The van der Waals surface area contributed by atoms with Gasteiger partial charge in [0, 0.05) is 16.7 Å². The molecule has 0 aliphatic heterocycles. The Bertz CT molecular complexity index is 499. The SMILES string of the molecule is C=C/C(=C\C=C/C)NC(=O)C1=CC=CC(C)(C)C=C1. The van der Waals surface area contributed by atoms with Crippen LogP contribution in [0.3, 0.4) is 0 Å². The predicted octanol–water partition coefficient (Wildman–Crippen LogP) is 3.83. The highest BCUT2D eigenvalue weighted by Crippen LogP contribution is 2.22. The fourth-order valence-electron chi connectivity index (χ4n) is 1.53. The number of allylic oxidation sites excluding steroid dienone is 8. The highest BCUT2D eigenvalue weighted by atomic mass is 16.1. The summed E-state index contributed by atoms with van der Waals surface area (Å²) in [5, 5.41) is 2.83. The van der Waals surface area contributed by atoms with Crippen LogP contribution >= 0.6 is 0 Å². The van der Waals surface area contributed by atoms with Gasteiger partial charge in [-0.1, -0.05) is 56.9 Å². The zero-order chi connectivity index (χ0) is 14.3. The molecule has 0 bridgehead atoms. The molecule has 1 aliphatic rings. The zero-order valence-electron chi connectivity index (χ0n) is 11.8. The Balaban J connectivity index is 2.82. The second-order valence-corrected chi connectivity index (χ2v) is 4.94. The van der Waals surface area contributed by atoms with Crippen LogP contribution in [0, 0.1) is 5.41 Å². The van der Waals surface area contributed by atoms with E-state index < -0.39 is 0 Å². The zero-order valence-corrected chi connectivity index (χ0v) is 11.8. The average Bonchev–Trinajstić information content (AvgIpc) is 2.55. The number of nitrogens with one attached hydrogen (secondary N) is 1. The summed E-state index contributed by atoms with van der Waals surface area (Å²) < 4.78 is 0. The molecule has 0 atom stereocenters. The van der Waals surface area contributed by atoms with Gasteiger partial charge in [0.15, 0.2) is 0 Å². The lowest BCUT2D eigenvalue weighted by molar-refractivity contribution is -0.116. The monoisotopic (exact) mass is 255 g/mol. The van der Waals surface area contributed by atoms with E-state index in [1.54, 1.807) is 6.08 Å². The van der Waals surface area contributed by atoms with Gasteiger partial charge in [0.2, 0.25) is 0 Å². The van der Waals surface area contributed by atoms with E-state index in [0.717, 1.165) is 0 Å². The lowest BCUT2D eigenvalue weighted by Crippen LogP contribution is -2.22. The number of carbonyl (C=O) groups is 1. The minimum absolute atomic E-state index is 0.0272. The lowest BCUT2D eigenvalue weighted by Gasteiger charge is -2.12. The van der Waals surface area contributed by atoms with Crippen molar-refractivity contribution in [1.29, 1.82) is 0 Å². The van der Waals surface area contributed by atoms with Gasteiger partial charge in [-0.15, -0.1) is 0 Å². The van der Waals surface area contributed by atoms with E-state index in [1.165, 1.54) is 0 Å². The summed E-state index contributed by atoms with van der Waals surface area (Å²) in [6.07, 6.45) is 16.9. The highest BCUT2D eigenvalue weighted by molar-refractivity contribution is 5.97. The molecule has 0 unspecified atom stereocenters. The summed E-state index contributed by atoms with van der Waals surface area (Å²) >= 11 is 0. The van der Waals surface area contributed by atoms with Crippen molar-refractivity contribution in [3.05, 3.63) is 72.5 Å². The minimum Gasteiger partial charge on any atom is -0.322 e. The maximum Gasteiger partial charge on any atom is 0.255 e. The van der Waals surface area contributed by atoms with Gasteiger partial charge in [-0.2, -0.15) is 0 Å². The number of rotatable bonds is 4. The molecule has 1 aliphatic carbocycles. The molecule has 2 heteroatoms. The van der Waals surface area contributed by atoms with Crippen molar-refractivity contribution in [2.45, 2.75) is 20.8 Å². The topological polar surface area (TPSA) is 29.1 Å². The van der Waals surface area contributed by atoms with Crippen molar-refractivity contribution >= 4 is 5.91 Å². The number of amides is 1. The van der Waals surface area contributed by atoms with Gasteiger partial charge in [-0.05, 0) is 25.2 Å². The van der Waals surface area contributed by atoms with Crippen LogP contribution in [-0.4, -0.2) is 5.91 Å². The van der Waals surface area contributed by atoms with Crippen LogP contribution in [0.25, 0.3) is 0 Å². The van der Waals surface area contributed by atoms with Crippen LogP contribution in [-0.2, 0) is 4.79 Å². The van der Waals surface area contributed by atoms with Gasteiger partial charge >= 0.3 is 0 Å². The maximum atomic E-state index is 12.1. The number of hydrogen-bond donors (Lipinski definition) is 1. The largest absolute Gasteiger partial charge is 0.322 e. The third kappa shape index (κ3) is 4.96. The van der Waals surface area contributed by atoms with Crippen LogP contribution in [0.5, 0.6) is 0 Å². The van der Waals surface area contributed by atoms with Crippen LogP contribution in [0.2, 0.25) is 0 Å². The molecular weight excluding hydrogens is 234 g/mol. The van der Waals surface area contributed by atoms with Crippen molar-refractivity contribution in [2.24, 2.45) is 5.41 Å². The van der Waals surface area contributed by atoms with Crippen molar-refractivity contribution in [3.8, 4) is 0 Å². The molecule has 0 saturated heterocycles. The second kappa shape index (κ2) is 6.74. The lowest BCUT2D eigenvalue weighted by atomic mass is 9.93. The normalized spacial score (nSPS) is 18.1. The van der Waals surface area contributed by atoms with Gasteiger partial charge in [-0.25, -0.2) is 0 Å².